The van der Waals surface area contributed by atoms with E-state index in [4.69, 9.17) is 10.2 Å². The number of aromatic nitrogens is 4. The van der Waals surface area contributed by atoms with Gasteiger partial charge in [0.2, 0.25) is 0 Å². The summed E-state index contributed by atoms with van der Waals surface area (Å²) in [6.45, 7) is 3.15. The Morgan fingerprint density at radius 3 is 2.70 bits per heavy atom. The van der Waals surface area contributed by atoms with Crippen molar-refractivity contribution >= 4 is 28.4 Å². The van der Waals surface area contributed by atoms with Crippen molar-refractivity contribution in [3.05, 3.63) is 36.2 Å². The van der Waals surface area contributed by atoms with E-state index in [1.165, 1.54) is 19.4 Å². The number of hydrogen-bond acceptors (Lipinski definition) is 7. The van der Waals surface area contributed by atoms with Crippen molar-refractivity contribution in [3.63, 3.8) is 0 Å². The third-order valence-corrected chi connectivity index (χ3v) is 7.67. The molecule has 33 heavy (non-hydrogen) atoms. The summed E-state index contributed by atoms with van der Waals surface area (Å²) in [4.78, 5) is 12.2. The summed E-state index contributed by atoms with van der Waals surface area (Å²) in [5.41, 5.74) is 1.92. The molecule has 1 saturated carbocycles. The quantitative estimate of drug-likeness (QED) is 0.521. The van der Waals surface area contributed by atoms with Crippen molar-refractivity contribution in [2.24, 2.45) is 11.8 Å². The van der Waals surface area contributed by atoms with Crippen molar-refractivity contribution < 1.29 is 0 Å². The molecule has 1 aliphatic carbocycles. The lowest BCUT2D eigenvalue weighted by Gasteiger charge is -2.43. The van der Waals surface area contributed by atoms with E-state index in [0.717, 1.165) is 59.7 Å². The zero-order chi connectivity index (χ0) is 22.4. The SMILES string of the molecule is Cc1cc(Nc2cc3ncccc3c(NC3CC4CC[C@@H](C3)N4CC3CC(C#N)C3)n2)n[nH]1. The Labute approximate surface area is 193 Å². The van der Waals surface area contributed by atoms with E-state index >= 15 is 0 Å². The molecule has 3 atom stereocenters. The molecule has 8 heteroatoms. The maximum absolute atomic E-state index is 9.09. The molecule has 3 aromatic rings. The van der Waals surface area contributed by atoms with Crippen molar-refractivity contribution in [2.75, 3.05) is 17.2 Å². The van der Waals surface area contributed by atoms with Gasteiger partial charge in [0.1, 0.15) is 11.6 Å². The lowest BCUT2D eigenvalue weighted by molar-refractivity contribution is 0.0771. The molecule has 5 heterocycles. The number of aromatic amines is 1. The molecule has 6 rings (SSSR count). The van der Waals surface area contributed by atoms with E-state index in [1.807, 2.05) is 31.3 Å². The minimum atomic E-state index is 0.297. The molecule has 2 saturated heterocycles. The maximum atomic E-state index is 9.09. The summed E-state index contributed by atoms with van der Waals surface area (Å²) in [5, 5.41) is 24.5. The number of rotatable bonds is 6. The number of fused-ring (bicyclic) bond motifs is 3. The van der Waals surface area contributed by atoms with Gasteiger partial charge in [-0.05, 0) is 63.5 Å². The number of nitriles is 1. The van der Waals surface area contributed by atoms with Gasteiger partial charge in [-0.1, -0.05) is 0 Å². The van der Waals surface area contributed by atoms with E-state index in [-0.39, 0.29) is 0 Å². The van der Waals surface area contributed by atoms with Crippen LogP contribution in [0, 0.1) is 30.1 Å². The van der Waals surface area contributed by atoms with E-state index in [1.54, 1.807) is 0 Å². The normalized spacial score (nSPS) is 28.9. The highest BCUT2D eigenvalue weighted by atomic mass is 15.2. The topological polar surface area (TPSA) is 106 Å². The number of pyridine rings is 2. The van der Waals surface area contributed by atoms with Gasteiger partial charge in [0.25, 0.3) is 0 Å². The highest BCUT2D eigenvalue weighted by Gasteiger charge is 2.43. The number of hydrogen-bond donors (Lipinski definition) is 3. The molecule has 170 valence electrons. The van der Waals surface area contributed by atoms with Gasteiger partial charge in [0.05, 0.1) is 11.6 Å². The Morgan fingerprint density at radius 1 is 1.15 bits per heavy atom. The predicted octanol–water partition coefficient (Wildman–Crippen LogP) is 4.36. The molecule has 2 unspecified atom stereocenters. The second kappa shape index (κ2) is 8.31. The van der Waals surface area contributed by atoms with Crippen LogP contribution in [0.2, 0.25) is 0 Å². The monoisotopic (exact) mass is 442 g/mol. The highest BCUT2D eigenvalue weighted by Crippen LogP contribution is 2.41. The third-order valence-electron chi connectivity index (χ3n) is 7.67. The van der Waals surface area contributed by atoms with Crippen molar-refractivity contribution in [3.8, 4) is 6.07 Å². The van der Waals surface area contributed by atoms with Crippen molar-refractivity contribution in [2.45, 2.75) is 63.6 Å². The number of nitrogens with zero attached hydrogens (tertiary/aromatic N) is 5. The Kier molecular flexibility index (Phi) is 5.14. The molecule has 0 aromatic carbocycles. The van der Waals surface area contributed by atoms with Crippen LogP contribution < -0.4 is 10.6 Å². The molecule has 8 nitrogen and oxygen atoms in total. The lowest BCUT2D eigenvalue weighted by atomic mass is 9.75. The lowest BCUT2D eigenvalue weighted by Crippen LogP contribution is -2.50. The van der Waals surface area contributed by atoms with E-state index < -0.39 is 0 Å². The molecule has 0 spiro atoms. The first kappa shape index (κ1) is 20.4. The highest BCUT2D eigenvalue weighted by molar-refractivity contribution is 5.91. The van der Waals surface area contributed by atoms with Crippen LogP contribution in [0.3, 0.4) is 0 Å². The predicted molar refractivity (Wildman–Crippen MR) is 128 cm³/mol. The molecule has 3 aromatic heterocycles. The molecule has 3 fully saturated rings. The smallest absolute Gasteiger partial charge is 0.153 e. The van der Waals surface area contributed by atoms with Gasteiger partial charge >= 0.3 is 0 Å². The molecule has 2 bridgehead atoms. The summed E-state index contributed by atoms with van der Waals surface area (Å²) in [6, 6.07) is 12.1. The summed E-state index contributed by atoms with van der Waals surface area (Å²) in [5.74, 6) is 3.40. The zero-order valence-corrected chi connectivity index (χ0v) is 19.0. The van der Waals surface area contributed by atoms with Crippen LogP contribution in [-0.4, -0.2) is 49.7 Å². The van der Waals surface area contributed by atoms with Crippen LogP contribution in [0.4, 0.5) is 17.5 Å². The average molecular weight is 443 g/mol. The summed E-state index contributed by atoms with van der Waals surface area (Å²) < 4.78 is 0. The minimum absolute atomic E-state index is 0.297. The van der Waals surface area contributed by atoms with E-state index in [0.29, 0.717) is 30.0 Å². The Bertz CT molecular complexity index is 1180. The van der Waals surface area contributed by atoms with Crippen LogP contribution in [0.1, 0.15) is 44.2 Å². The Balaban J connectivity index is 1.18. The number of piperidine rings is 1. The van der Waals surface area contributed by atoms with Gasteiger partial charge in [0, 0.05) is 60.0 Å². The molecule has 0 radical (unpaired) electrons. The fraction of sp³-hybridized carbons (Fsp3) is 0.520. The second-order valence-corrected chi connectivity index (χ2v) is 10.0. The molecular formula is C25H30N8. The molecule has 0 amide bonds. The Hall–Kier alpha value is -3.18. The standard InChI is InChI=1S/C25H30N8/c1-15-7-24(32-31-15)29-23-12-22-21(3-2-6-27-22)25(30-23)28-18-10-19-4-5-20(11-18)33(19)14-17-8-16(9-17)13-26/h2-3,6-7,12,16-20H,4-5,8-11,14H2,1H3,(H3,28,29,30,31,32)/t16?,17?,18?,19-,20?/m0/s1. The van der Waals surface area contributed by atoms with Crippen LogP contribution in [-0.2, 0) is 0 Å². The average Bonchev–Trinajstić information content (AvgIpc) is 3.29. The van der Waals surface area contributed by atoms with Crippen molar-refractivity contribution in [1.82, 2.24) is 25.1 Å². The van der Waals surface area contributed by atoms with Gasteiger partial charge in [-0.2, -0.15) is 10.4 Å². The first-order valence-electron chi connectivity index (χ1n) is 12.1. The van der Waals surface area contributed by atoms with E-state index in [9.17, 15) is 0 Å². The molecule has 3 N–H and O–H groups in total. The number of H-pyrrole nitrogens is 1. The number of anilines is 3. The third kappa shape index (κ3) is 4.02. The second-order valence-electron chi connectivity index (χ2n) is 10.0. The maximum Gasteiger partial charge on any atom is 0.153 e. The first-order valence-corrected chi connectivity index (χ1v) is 12.1. The minimum Gasteiger partial charge on any atom is -0.367 e. The van der Waals surface area contributed by atoms with Crippen LogP contribution in [0.15, 0.2) is 30.5 Å². The molecule has 2 aliphatic heterocycles. The van der Waals surface area contributed by atoms with Crippen LogP contribution in [0.25, 0.3) is 10.9 Å². The summed E-state index contributed by atoms with van der Waals surface area (Å²) in [7, 11) is 0. The fourth-order valence-electron chi connectivity index (χ4n) is 6.03. The van der Waals surface area contributed by atoms with Gasteiger partial charge in [-0.15, -0.1) is 0 Å². The first-order chi connectivity index (χ1) is 16.1. The fourth-order valence-corrected chi connectivity index (χ4v) is 6.03. The number of nitrogens with one attached hydrogen (secondary N) is 3. The summed E-state index contributed by atoms with van der Waals surface area (Å²) >= 11 is 0. The van der Waals surface area contributed by atoms with Crippen LogP contribution in [0.5, 0.6) is 0 Å². The van der Waals surface area contributed by atoms with Crippen LogP contribution >= 0.6 is 0 Å². The summed E-state index contributed by atoms with van der Waals surface area (Å²) in [6.07, 6.45) is 8.86. The molecule has 3 aliphatic rings. The van der Waals surface area contributed by atoms with Crippen molar-refractivity contribution in [1.29, 1.82) is 5.26 Å². The van der Waals surface area contributed by atoms with Gasteiger partial charge in [-0.3, -0.25) is 15.0 Å². The Morgan fingerprint density at radius 2 is 1.97 bits per heavy atom. The number of aryl methyl sites for hydroxylation is 1. The molecular weight excluding hydrogens is 412 g/mol. The van der Waals surface area contributed by atoms with Gasteiger partial charge in [-0.25, -0.2) is 4.98 Å². The van der Waals surface area contributed by atoms with Gasteiger partial charge in [0.15, 0.2) is 5.82 Å². The van der Waals surface area contributed by atoms with Gasteiger partial charge < -0.3 is 10.6 Å². The van der Waals surface area contributed by atoms with E-state index in [2.05, 4.69) is 42.9 Å². The largest absolute Gasteiger partial charge is 0.367 e. The zero-order valence-electron chi connectivity index (χ0n) is 19.0.